The lowest BCUT2D eigenvalue weighted by Crippen LogP contribution is -1.85. The number of nitrogens with zero attached hydrogens (tertiary/aromatic N) is 1. The molecule has 0 aliphatic rings. The lowest BCUT2D eigenvalue weighted by atomic mass is 10.0. The number of benzene rings is 2. The van der Waals surface area contributed by atoms with Crippen LogP contribution < -0.4 is 0 Å². The van der Waals surface area contributed by atoms with E-state index in [4.69, 9.17) is 4.98 Å². The molecule has 2 aromatic heterocycles. The first kappa shape index (κ1) is 11.5. The van der Waals surface area contributed by atoms with Crippen LogP contribution in [0.15, 0.2) is 36.4 Å². The Balaban J connectivity index is 2.29. The van der Waals surface area contributed by atoms with Crippen molar-refractivity contribution in [1.82, 2.24) is 9.97 Å². The summed E-state index contributed by atoms with van der Waals surface area (Å²) in [5.74, 6) is 0. The first-order chi connectivity index (χ1) is 9.65. The number of nitrogens with one attached hydrogen (secondary N) is 1. The van der Waals surface area contributed by atoms with E-state index >= 15 is 0 Å². The van der Waals surface area contributed by atoms with Gasteiger partial charge in [-0.15, -0.1) is 0 Å². The van der Waals surface area contributed by atoms with Gasteiger partial charge in [-0.25, -0.2) is 4.98 Å². The van der Waals surface area contributed by atoms with Gasteiger partial charge in [0.2, 0.25) is 0 Å². The van der Waals surface area contributed by atoms with Crippen LogP contribution in [-0.2, 0) is 0 Å². The molecule has 0 fully saturated rings. The number of fused-ring (bicyclic) bond motifs is 4. The Labute approximate surface area is 117 Å². The lowest BCUT2D eigenvalue weighted by molar-refractivity contribution is 1.35. The maximum atomic E-state index is 4.78. The van der Waals surface area contributed by atoms with E-state index in [9.17, 15) is 0 Å². The fraction of sp³-hybridized carbons (Fsp3) is 0.167. The molecule has 0 aliphatic heterocycles. The molecule has 2 heteroatoms. The van der Waals surface area contributed by atoms with Crippen molar-refractivity contribution in [2.24, 2.45) is 0 Å². The van der Waals surface area contributed by atoms with Crippen LogP contribution in [0.2, 0.25) is 0 Å². The highest BCUT2D eigenvalue weighted by molar-refractivity contribution is 6.12. The molecular formula is C18H16N2. The fourth-order valence-corrected chi connectivity index (χ4v) is 3.05. The zero-order valence-electron chi connectivity index (χ0n) is 11.9. The van der Waals surface area contributed by atoms with Crippen LogP contribution in [0.4, 0.5) is 0 Å². The molecule has 2 aromatic carbocycles. The van der Waals surface area contributed by atoms with E-state index < -0.39 is 0 Å². The third kappa shape index (κ3) is 1.42. The van der Waals surface area contributed by atoms with Crippen LogP contribution in [0.5, 0.6) is 0 Å². The first-order valence-corrected chi connectivity index (χ1v) is 6.93. The molecule has 1 N–H and O–H groups in total. The highest BCUT2D eigenvalue weighted by atomic mass is 14.9. The van der Waals surface area contributed by atoms with Gasteiger partial charge >= 0.3 is 0 Å². The molecular weight excluding hydrogens is 244 g/mol. The Morgan fingerprint density at radius 3 is 2.50 bits per heavy atom. The lowest BCUT2D eigenvalue weighted by Gasteiger charge is -2.04. The van der Waals surface area contributed by atoms with E-state index in [-0.39, 0.29) is 0 Å². The number of aryl methyl sites for hydroxylation is 3. The van der Waals surface area contributed by atoms with Crippen LogP contribution in [0.1, 0.15) is 16.7 Å². The van der Waals surface area contributed by atoms with Crippen molar-refractivity contribution >= 4 is 32.8 Å². The summed E-state index contributed by atoms with van der Waals surface area (Å²) in [4.78, 5) is 8.25. The van der Waals surface area contributed by atoms with Gasteiger partial charge in [0.05, 0.1) is 5.52 Å². The second-order valence-electron chi connectivity index (χ2n) is 5.58. The van der Waals surface area contributed by atoms with E-state index in [2.05, 4.69) is 56.1 Å². The smallest absolute Gasteiger partial charge is 0.139 e. The summed E-state index contributed by atoms with van der Waals surface area (Å²) in [6.45, 7) is 6.50. The number of H-pyrrole nitrogens is 1. The quantitative estimate of drug-likeness (QED) is 0.483. The summed E-state index contributed by atoms with van der Waals surface area (Å²) in [6, 6.07) is 12.8. The van der Waals surface area contributed by atoms with Crippen LogP contribution in [0.25, 0.3) is 32.8 Å². The van der Waals surface area contributed by atoms with Crippen LogP contribution >= 0.6 is 0 Å². The number of aromatic amines is 1. The summed E-state index contributed by atoms with van der Waals surface area (Å²) < 4.78 is 0. The van der Waals surface area contributed by atoms with Crippen LogP contribution in [0.3, 0.4) is 0 Å². The zero-order valence-corrected chi connectivity index (χ0v) is 11.9. The molecule has 0 unspecified atom stereocenters. The molecule has 0 amide bonds. The highest BCUT2D eigenvalue weighted by Gasteiger charge is 2.12. The SMILES string of the molecule is Cc1cc2[nH]c3nc4ccccc4c(C)c3c2cc1C. The third-order valence-electron chi connectivity index (χ3n) is 4.31. The largest absolute Gasteiger partial charge is 0.339 e. The molecule has 0 bridgehead atoms. The summed E-state index contributed by atoms with van der Waals surface area (Å²) in [6.07, 6.45) is 0. The van der Waals surface area contributed by atoms with Gasteiger partial charge in [0, 0.05) is 21.7 Å². The molecule has 4 rings (SSSR count). The van der Waals surface area contributed by atoms with Crippen molar-refractivity contribution in [2.45, 2.75) is 20.8 Å². The van der Waals surface area contributed by atoms with Gasteiger partial charge in [-0.2, -0.15) is 0 Å². The van der Waals surface area contributed by atoms with Gasteiger partial charge < -0.3 is 4.98 Å². The maximum Gasteiger partial charge on any atom is 0.139 e. The summed E-state index contributed by atoms with van der Waals surface area (Å²) >= 11 is 0. The molecule has 98 valence electrons. The Morgan fingerprint density at radius 2 is 1.65 bits per heavy atom. The second kappa shape index (κ2) is 3.83. The predicted octanol–water partition coefficient (Wildman–Crippen LogP) is 4.79. The van der Waals surface area contributed by atoms with Crippen LogP contribution in [0, 0.1) is 20.8 Å². The Morgan fingerprint density at radius 1 is 0.900 bits per heavy atom. The number of hydrogen-bond acceptors (Lipinski definition) is 1. The molecule has 0 saturated carbocycles. The summed E-state index contributed by atoms with van der Waals surface area (Å²) in [7, 11) is 0. The van der Waals surface area contributed by atoms with E-state index in [0.717, 1.165) is 11.2 Å². The van der Waals surface area contributed by atoms with Gasteiger partial charge in [-0.05, 0) is 55.7 Å². The number of rotatable bonds is 0. The molecule has 0 aliphatic carbocycles. The molecule has 2 heterocycles. The van der Waals surface area contributed by atoms with Crippen molar-refractivity contribution in [3.8, 4) is 0 Å². The molecule has 2 nitrogen and oxygen atoms in total. The van der Waals surface area contributed by atoms with Gasteiger partial charge in [-0.3, -0.25) is 0 Å². The Hall–Kier alpha value is -2.35. The van der Waals surface area contributed by atoms with Crippen molar-refractivity contribution in [3.05, 3.63) is 53.1 Å². The number of pyridine rings is 1. The second-order valence-corrected chi connectivity index (χ2v) is 5.58. The number of aromatic nitrogens is 2. The number of hydrogen-bond donors (Lipinski definition) is 1. The Kier molecular flexibility index (Phi) is 2.19. The Bertz CT molecular complexity index is 977. The van der Waals surface area contributed by atoms with Crippen molar-refractivity contribution in [3.63, 3.8) is 0 Å². The maximum absolute atomic E-state index is 4.78. The van der Waals surface area contributed by atoms with Gasteiger partial charge in [-0.1, -0.05) is 18.2 Å². The highest BCUT2D eigenvalue weighted by Crippen LogP contribution is 2.32. The van der Waals surface area contributed by atoms with Crippen molar-refractivity contribution in [2.75, 3.05) is 0 Å². The average Bonchev–Trinajstić information content (AvgIpc) is 2.77. The molecule has 20 heavy (non-hydrogen) atoms. The number of para-hydroxylation sites is 1. The fourth-order valence-electron chi connectivity index (χ4n) is 3.05. The predicted molar refractivity (Wildman–Crippen MR) is 85.3 cm³/mol. The van der Waals surface area contributed by atoms with E-state index in [1.165, 1.54) is 38.4 Å². The standard InChI is InChI=1S/C18H16N2/c1-10-8-14-16(9-11(10)2)20-18-17(14)12(3)13-6-4-5-7-15(13)19-18/h4-9H,1-3H3,(H,19,20). The van der Waals surface area contributed by atoms with Gasteiger partial charge in [0.1, 0.15) is 5.65 Å². The van der Waals surface area contributed by atoms with Gasteiger partial charge in [0.15, 0.2) is 0 Å². The molecule has 0 saturated heterocycles. The van der Waals surface area contributed by atoms with E-state index in [1.807, 2.05) is 6.07 Å². The minimum absolute atomic E-state index is 0.987. The monoisotopic (exact) mass is 260 g/mol. The zero-order chi connectivity index (χ0) is 13.9. The summed E-state index contributed by atoms with van der Waals surface area (Å²) in [5, 5.41) is 3.76. The first-order valence-electron chi connectivity index (χ1n) is 6.93. The molecule has 0 atom stereocenters. The minimum Gasteiger partial charge on any atom is -0.339 e. The normalized spacial score (nSPS) is 11.8. The van der Waals surface area contributed by atoms with E-state index in [1.54, 1.807) is 0 Å². The van der Waals surface area contributed by atoms with Crippen molar-refractivity contribution < 1.29 is 0 Å². The molecule has 4 aromatic rings. The average molecular weight is 260 g/mol. The minimum atomic E-state index is 0.987. The topological polar surface area (TPSA) is 28.7 Å². The molecule has 0 radical (unpaired) electrons. The van der Waals surface area contributed by atoms with Crippen LogP contribution in [-0.4, -0.2) is 9.97 Å². The van der Waals surface area contributed by atoms with Gasteiger partial charge in [0.25, 0.3) is 0 Å². The summed E-state index contributed by atoms with van der Waals surface area (Å²) in [5.41, 5.74) is 7.16. The van der Waals surface area contributed by atoms with Crippen molar-refractivity contribution in [1.29, 1.82) is 0 Å². The van der Waals surface area contributed by atoms with E-state index in [0.29, 0.717) is 0 Å². The third-order valence-corrected chi connectivity index (χ3v) is 4.31. The molecule has 0 spiro atoms.